The van der Waals surface area contributed by atoms with Crippen LogP contribution < -0.4 is 14.8 Å². The molecule has 2 aliphatic heterocycles. The minimum Gasteiger partial charge on any atom is -0.492 e. The molecule has 0 spiro atoms. The minimum absolute atomic E-state index is 0.0249. The number of amides is 1. The van der Waals surface area contributed by atoms with Gasteiger partial charge in [0.15, 0.2) is 0 Å². The van der Waals surface area contributed by atoms with Gasteiger partial charge in [0.25, 0.3) is 0 Å². The molecule has 0 saturated carbocycles. The summed E-state index contributed by atoms with van der Waals surface area (Å²) >= 11 is 5.99. The first kappa shape index (κ1) is 22.9. The van der Waals surface area contributed by atoms with Gasteiger partial charge in [-0.15, -0.1) is 0 Å². The molecule has 6 nitrogen and oxygen atoms in total. The maximum absolute atomic E-state index is 12.8. The van der Waals surface area contributed by atoms with Crippen LogP contribution in [0.2, 0.25) is 5.02 Å². The molecular formula is C25H32ClN3O3. The third-order valence-corrected chi connectivity index (χ3v) is 6.19. The fourth-order valence-corrected chi connectivity index (χ4v) is 4.52. The quantitative estimate of drug-likeness (QED) is 0.675. The second kappa shape index (κ2) is 10.6. The number of halogens is 1. The summed E-state index contributed by atoms with van der Waals surface area (Å²) in [7, 11) is 0. The highest BCUT2D eigenvalue weighted by molar-refractivity contribution is 6.30. The Kier molecular flexibility index (Phi) is 7.55. The van der Waals surface area contributed by atoms with Crippen LogP contribution in [-0.2, 0) is 17.8 Å². The predicted molar refractivity (Wildman–Crippen MR) is 128 cm³/mol. The Morgan fingerprint density at radius 1 is 1.16 bits per heavy atom. The summed E-state index contributed by atoms with van der Waals surface area (Å²) in [5, 5.41) is 3.81. The van der Waals surface area contributed by atoms with Crippen molar-refractivity contribution in [1.82, 2.24) is 9.80 Å². The molecule has 1 saturated heterocycles. The van der Waals surface area contributed by atoms with Crippen molar-refractivity contribution in [3.63, 3.8) is 0 Å². The number of anilines is 1. The van der Waals surface area contributed by atoms with Crippen molar-refractivity contribution < 1.29 is 14.3 Å². The number of carbonyl (C=O) groups is 1. The van der Waals surface area contributed by atoms with Crippen molar-refractivity contribution in [2.24, 2.45) is 0 Å². The summed E-state index contributed by atoms with van der Waals surface area (Å²) in [6.07, 6.45) is 2.05. The third-order valence-electron chi connectivity index (χ3n) is 5.94. The Balaban J connectivity index is 1.32. The summed E-state index contributed by atoms with van der Waals surface area (Å²) in [4.78, 5) is 17.5. The van der Waals surface area contributed by atoms with Crippen LogP contribution in [0, 0.1) is 0 Å². The summed E-state index contributed by atoms with van der Waals surface area (Å²) in [6, 6.07) is 11.9. The number of nitrogens with zero attached hydrogens (tertiary/aromatic N) is 2. The molecule has 0 aromatic heterocycles. The van der Waals surface area contributed by atoms with Crippen molar-refractivity contribution in [3.8, 4) is 11.5 Å². The number of ether oxygens (including phenoxy) is 2. The van der Waals surface area contributed by atoms with Gasteiger partial charge in [0.05, 0.1) is 18.8 Å². The molecule has 2 aliphatic rings. The number of rotatable bonds is 7. The number of benzene rings is 2. The van der Waals surface area contributed by atoms with Crippen LogP contribution in [0.1, 0.15) is 31.4 Å². The fraction of sp³-hybridized carbons (Fsp3) is 0.480. The van der Waals surface area contributed by atoms with Crippen molar-refractivity contribution >= 4 is 23.2 Å². The van der Waals surface area contributed by atoms with E-state index in [0.717, 1.165) is 61.9 Å². The number of carbonyl (C=O) groups excluding carboxylic acids is 1. The lowest BCUT2D eigenvalue weighted by molar-refractivity contribution is -0.117. The van der Waals surface area contributed by atoms with E-state index < -0.39 is 0 Å². The zero-order chi connectivity index (χ0) is 22.5. The van der Waals surface area contributed by atoms with E-state index in [0.29, 0.717) is 24.6 Å². The molecule has 1 N–H and O–H groups in total. The zero-order valence-electron chi connectivity index (χ0n) is 18.9. The average molecular weight is 458 g/mol. The van der Waals surface area contributed by atoms with E-state index in [1.807, 2.05) is 38.1 Å². The largest absolute Gasteiger partial charge is 0.492 e. The van der Waals surface area contributed by atoms with Gasteiger partial charge in [-0.05, 0) is 57.1 Å². The summed E-state index contributed by atoms with van der Waals surface area (Å²) in [6.45, 7) is 9.56. The van der Waals surface area contributed by atoms with E-state index in [1.165, 1.54) is 5.56 Å². The van der Waals surface area contributed by atoms with E-state index in [-0.39, 0.29) is 12.0 Å². The second-order valence-electron chi connectivity index (χ2n) is 8.60. The predicted octanol–water partition coefficient (Wildman–Crippen LogP) is 4.21. The first-order valence-electron chi connectivity index (χ1n) is 11.5. The molecule has 172 valence electrons. The summed E-state index contributed by atoms with van der Waals surface area (Å²) < 4.78 is 11.7. The number of fused-ring (bicyclic) bond motifs is 1. The smallest absolute Gasteiger partial charge is 0.238 e. The molecule has 0 bridgehead atoms. The van der Waals surface area contributed by atoms with E-state index in [9.17, 15) is 4.79 Å². The first-order valence-corrected chi connectivity index (χ1v) is 11.8. The van der Waals surface area contributed by atoms with E-state index in [1.54, 1.807) is 0 Å². The Morgan fingerprint density at radius 3 is 2.69 bits per heavy atom. The molecule has 1 atom stereocenters. The van der Waals surface area contributed by atoms with Crippen LogP contribution in [0.15, 0.2) is 36.4 Å². The highest BCUT2D eigenvalue weighted by Crippen LogP contribution is 2.38. The van der Waals surface area contributed by atoms with Crippen LogP contribution in [0.25, 0.3) is 0 Å². The number of hydrogen-bond acceptors (Lipinski definition) is 5. The summed E-state index contributed by atoms with van der Waals surface area (Å²) in [5.41, 5.74) is 3.08. The molecule has 7 heteroatoms. The number of nitrogens with one attached hydrogen (secondary N) is 1. The van der Waals surface area contributed by atoms with Gasteiger partial charge in [0, 0.05) is 42.7 Å². The molecule has 2 aromatic rings. The maximum atomic E-state index is 12.8. The molecule has 0 aliphatic carbocycles. The number of hydrogen-bond donors (Lipinski definition) is 1. The topological polar surface area (TPSA) is 54.0 Å². The van der Waals surface area contributed by atoms with Crippen molar-refractivity contribution in [1.29, 1.82) is 0 Å². The van der Waals surface area contributed by atoms with Gasteiger partial charge < -0.3 is 14.8 Å². The molecule has 1 amide bonds. The molecule has 0 radical (unpaired) electrons. The van der Waals surface area contributed by atoms with Gasteiger partial charge in [-0.2, -0.15) is 0 Å². The Bertz CT molecular complexity index is 935. The van der Waals surface area contributed by atoms with Crippen LogP contribution in [0.3, 0.4) is 0 Å². The highest BCUT2D eigenvalue weighted by atomic mass is 35.5. The van der Waals surface area contributed by atoms with Crippen LogP contribution in [0.4, 0.5) is 5.69 Å². The Hall–Kier alpha value is -2.28. The summed E-state index contributed by atoms with van der Waals surface area (Å²) in [5.74, 6) is 1.52. The molecule has 32 heavy (non-hydrogen) atoms. The van der Waals surface area contributed by atoms with Crippen LogP contribution in [0.5, 0.6) is 11.5 Å². The second-order valence-corrected chi connectivity index (χ2v) is 9.04. The first-order chi connectivity index (χ1) is 15.5. The van der Waals surface area contributed by atoms with Crippen LogP contribution in [-0.4, -0.2) is 61.1 Å². The lowest BCUT2D eigenvalue weighted by atomic mass is 10.1. The SMILES string of the molecule is CCOc1cc2c(cc1NC(=O)CN1CCCN(Cc3ccc(Cl)cc3)CC1)O[C@@H](C)C2. The molecule has 4 rings (SSSR count). The molecular weight excluding hydrogens is 426 g/mol. The fourth-order valence-electron chi connectivity index (χ4n) is 4.39. The molecule has 2 aromatic carbocycles. The van der Waals surface area contributed by atoms with Gasteiger partial charge in [-0.25, -0.2) is 0 Å². The zero-order valence-corrected chi connectivity index (χ0v) is 19.7. The van der Waals surface area contributed by atoms with Gasteiger partial charge in [0.1, 0.15) is 17.6 Å². The molecule has 2 heterocycles. The third kappa shape index (κ3) is 5.94. The Labute approximate surface area is 195 Å². The normalized spacial score (nSPS) is 19.2. The van der Waals surface area contributed by atoms with Gasteiger partial charge >= 0.3 is 0 Å². The lowest BCUT2D eigenvalue weighted by Gasteiger charge is -2.22. The van der Waals surface area contributed by atoms with Crippen molar-refractivity contribution in [2.45, 2.75) is 39.3 Å². The van der Waals surface area contributed by atoms with E-state index in [2.05, 4.69) is 27.2 Å². The monoisotopic (exact) mass is 457 g/mol. The lowest BCUT2D eigenvalue weighted by Crippen LogP contribution is -2.36. The van der Waals surface area contributed by atoms with Gasteiger partial charge in [-0.1, -0.05) is 23.7 Å². The molecule has 0 unspecified atom stereocenters. The maximum Gasteiger partial charge on any atom is 0.238 e. The standard InChI is InChI=1S/C25H32ClN3O3/c1-3-31-24-14-20-13-18(2)32-23(20)15-22(24)27-25(30)17-29-10-4-9-28(11-12-29)16-19-5-7-21(26)8-6-19/h5-8,14-15,18H,3-4,9-13,16-17H2,1-2H3,(H,27,30)/t18-/m0/s1. The van der Waals surface area contributed by atoms with Crippen molar-refractivity contribution in [3.05, 3.63) is 52.5 Å². The van der Waals surface area contributed by atoms with E-state index in [4.69, 9.17) is 21.1 Å². The highest BCUT2D eigenvalue weighted by Gasteiger charge is 2.23. The van der Waals surface area contributed by atoms with Crippen LogP contribution >= 0.6 is 11.6 Å². The van der Waals surface area contributed by atoms with E-state index >= 15 is 0 Å². The average Bonchev–Trinajstić information content (AvgIpc) is 2.97. The van der Waals surface area contributed by atoms with Gasteiger partial charge in [0.2, 0.25) is 5.91 Å². The molecule has 1 fully saturated rings. The minimum atomic E-state index is -0.0249. The van der Waals surface area contributed by atoms with Gasteiger partial charge in [-0.3, -0.25) is 14.6 Å². The Morgan fingerprint density at radius 2 is 1.91 bits per heavy atom. The van der Waals surface area contributed by atoms with Crippen molar-refractivity contribution in [2.75, 3.05) is 44.6 Å².